The lowest BCUT2D eigenvalue weighted by atomic mass is 9.95. The summed E-state index contributed by atoms with van der Waals surface area (Å²) in [6.07, 6.45) is 3.35. The Morgan fingerprint density at radius 1 is 0.905 bits per heavy atom. The van der Waals surface area contributed by atoms with Crippen molar-refractivity contribution in [3.05, 3.63) is 75.8 Å². The van der Waals surface area contributed by atoms with Gasteiger partial charge in [-0.2, -0.15) is 0 Å². The van der Waals surface area contributed by atoms with E-state index in [0.29, 0.717) is 0 Å². The minimum Gasteiger partial charge on any atom is -0.0683 e. The maximum atomic E-state index is 3.76. The van der Waals surface area contributed by atoms with Crippen molar-refractivity contribution in [3.8, 4) is 11.1 Å². The Labute approximate surface area is 133 Å². The molecule has 0 atom stereocenters. The van der Waals surface area contributed by atoms with Gasteiger partial charge < -0.3 is 0 Å². The smallest absolute Gasteiger partial charge is 0.0260 e. The molecule has 0 aromatic heterocycles. The summed E-state index contributed by atoms with van der Waals surface area (Å²) in [5, 5.41) is 2.60. The van der Waals surface area contributed by atoms with Crippen LogP contribution in [0.5, 0.6) is 0 Å². The van der Waals surface area contributed by atoms with Crippen LogP contribution in [-0.4, -0.2) is 0 Å². The summed E-state index contributed by atoms with van der Waals surface area (Å²) in [5.41, 5.74) is 6.80. The van der Waals surface area contributed by atoms with Crippen LogP contribution in [0.25, 0.3) is 28.0 Å². The van der Waals surface area contributed by atoms with E-state index in [1.807, 2.05) is 0 Å². The molecule has 0 fully saturated rings. The second-order valence-corrected chi connectivity index (χ2v) is 6.58. The molecule has 0 N–H and O–H groups in total. The zero-order valence-corrected chi connectivity index (χ0v) is 13.4. The largest absolute Gasteiger partial charge is 0.0683 e. The first kappa shape index (κ1) is 12.8. The van der Waals surface area contributed by atoms with Gasteiger partial charge in [-0.3, -0.25) is 0 Å². The van der Waals surface area contributed by atoms with E-state index in [1.54, 1.807) is 0 Å². The first-order valence-electron chi connectivity index (χ1n) is 7.20. The Morgan fingerprint density at radius 2 is 1.71 bits per heavy atom. The van der Waals surface area contributed by atoms with Gasteiger partial charge in [-0.1, -0.05) is 70.0 Å². The maximum Gasteiger partial charge on any atom is 0.0260 e. The van der Waals surface area contributed by atoms with E-state index in [2.05, 4.69) is 83.5 Å². The molecule has 0 saturated carbocycles. The summed E-state index contributed by atoms with van der Waals surface area (Å²) in [6.45, 7) is 2.20. The van der Waals surface area contributed by atoms with Crippen molar-refractivity contribution >= 4 is 32.8 Å². The second kappa shape index (κ2) is 4.85. The van der Waals surface area contributed by atoms with Gasteiger partial charge in [0, 0.05) is 4.47 Å². The van der Waals surface area contributed by atoms with E-state index in [-0.39, 0.29) is 0 Å². The van der Waals surface area contributed by atoms with Crippen LogP contribution in [0.2, 0.25) is 0 Å². The summed E-state index contributed by atoms with van der Waals surface area (Å²) in [7, 11) is 0. The van der Waals surface area contributed by atoms with Crippen LogP contribution in [0.15, 0.2) is 64.6 Å². The molecule has 3 aromatic carbocycles. The average Bonchev–Trinajstić information content (AvgIpc) is 2.85. The third kappa shape index (κ3) is 2.13. The van der Waals surface area contributed by atoms with Gasteiger partial charge in [-0.15, -0.1) is 0 Å². The first-order valence-corrected chi connectivity index (χ1v) is 7.99. The minimum atomic E-state index is 1.07. The van der Waals surface area contributed by atoms with Crippen LogP contribution in [0.4, 0.5) is 0 Å². The van der Waals surface area contributed by atoms with E-state index in [9.17, 15) is 0 Å². The molecule has 0 amide bonds. The summed E-state index contributed by atoms with van der Waals surface area (Å²) < 4.78 is 1.17. The molecule has 0 spiro atoms. The monoisotopic (exact) mass is 334 g/mol. The highest BCUT2D eigenvalue weighted by molar-refractivity contribution is 9.10. The normalized spacial score (nSPS) is 13.3. The highest BCUT2D eigenvalue weighted by atomic mass is 79.9. The molecular formula is C20H15Br. The molecule has 0 heterocycles. The molecule has 102 valence electrons. The van der Waals surface area contributed by atoms with Crippen molar-refractivity contribution in [3.63, 3.8) is 0 Å². The third-order valence-electron chi connectivity index (χ3n) is 4.18. The van der Waals surface area contributed by atoms with E-state index in [0.717, 1.165) is 6.42 Å². The fourth-order valence-corrected chi connectivity index (χ4v) is 3.78. The van der Waals surface area contributed by atoms with Crippen molar-refractivity contribution in [2.45, 2.75) is 13.3 Å². The molecular weight excluding hydrogens is 320 g/mol. The predicted molar refractivity (Wildman–Crippen MR) is 94.4 cm³/mol. The Bertz CT molecular complexity index is 882. The minimum absolute atomic E-state index is 1.07. The topological polar surface area (TPSA) is 0 Å². The van der Waals surface area contributed by atoms with Gasteiger partial charge >= 0.3 is 0 Å². The molecule has 1 heteroatoms. The molecule has 4 rings (SSSR count). The first-order chi connectivity index (χ1) is 10.2. The fourth-order valence-electron chi connectivity index (χ4n) is 3.20. The molecule has 0 bridgehead atoms. The number of fused-ring (bicyclic) bond motifs is 2. The van der Waals surface area contributed by atoms with Crippen molar-refractivity contribution in [2.75, 3.05) is 0 Å². The third-order valence-corrected chi connectivity index (χ3v) is 4.84. The number of allylic oxidation sites excluding steroid dienone is 1. The van der Waals surface area contributed by atoms with Crippen molar-refractivity contribution in [1.29, 1.82) is 0 Å². The zero-order valence-electron chi connectivity index (χ0n) is 11.9. The van der Waals surface area contributed by atoms with E-state index >= 15 is 0 Å². The molecule has 0 radical (unpaired) electrons. The van der Waals surface area contributed by atoms with E-state index in [1.165, 1.54) is 43.1 Å². The molecule has 0 nitrogen and oxygen atoms in total. The highest BCUT2D eigenvalue weighted by Crippen LogP contribution is 2.38. The fraction of sp³-hybridized carbons (Fsp3) is 0.100. The Hall–Kier alpha value is -1.86. The van der Waals surface area contributed by atoms with Crippen molar-refractivity contribution in [2.24, 2.45) is 0 Å². The van der Waals surface area contributed by atoms with Crippen molar-refractivity contribution in [1.82, 2.24) is 0 Å². The molecule has 1 aliphatic rings. The maximum absolute atomic E-state index is 3.76. The molecule has 0 aliphatic heterocycles. The molecule has 0 saturated heterocycles. The van der Waals surface area contributed by atoms with Gasteiger partial charge in [-0.25, -0.2) is 0 Å². The number of hydrogen-bond acceptors (Lipinski definition) is 0. The molecule has 0 unspecified atom stereocenters. The molecule has 3 aromatic rings. The van der Waals surface area contributed by atoms with E-state index in [4.69, 9.17) is 0 Å². The lowest BCUT2D eigenvalue weighted by molar-refractivity contribution is 1.19. The van der Waals surface area contributed by atoms with Gasteiger partial charge in [0.15, 0.2) is 0 Å². The standard InChI is InChI=1S/C20H15Br/c1-13-9-15-11-19(20(21)12-16(15)10-13)18-8-4-6-14-5-2-3-7-17(14)18/h2-8,10-12H,9H2,1H3. The lowest BCUT2D eigenvalue weighted by Crippen LogP contribution is -1.88. The summed E-state index contributed by atoms with van der Waals surface area (Å²) in [4.78, 5) is 0. The number of hydrogen-bond donors (Lipinski definition) is 0. The highest BCUT2D eigenvalue weighted by Gasteiger charge is 2.15. The summed E-state index contributed by atoms with van der Waals surface area (Å²) in [5.74, 6) is 0. The quantitative estimate of drug-likeness (QED) is 0.494. The van der Waals surface area contributed by atoms with E-state index < -0.39 is 0 Å². The van der Waals surface area contributed by atoms with Gasteiger partial charge in [0.05, 0.1) is 0 Å². The van der Waals surface area contributed by atoms with Gasteiger partial charge in [0.1, 0.15) is 0 Å². The van der Waals surface area contributed by atoms with Crippen molar-refractivity contribution < 1.29 is 0 Å². The predicted octanol–water partition coefficient (Wildman–Crippen LogP) is 6.23. The average molecular weight is 335 g/mol. The Kier molecular flexibility index (Phi) is 2.97. The number of rotatable bonds is 1. The van der Waals surface area contributed by atoms with Gasteiger partial charge in [-0.05, 0) is 58.5 Å². The SMILES string of the molecule is CC1=Cc2cc(Br)c(-c3cccc4ccccc34)cc2C1. The van der Waals surface area contributed by atoms with Crippen LogP contribution in [0.1, 0.15) is 18.1 Å². The zero-order chi connectivity index (χ0) is 14.4. The van der Waals surface area contributed by atoms with Crippen LogP contribution >= 0.6 is 15.9 Å². The lowest BCUT2D eigenvalue weighted by Gasteiger charge is -2.11. The summed E-state index contributed by atoms with van der Waals surface area (Å²) in [6, 6.07) is 19.7. The van der Waals surface area contributed by atoms with Crippen LogP contribution < -0.4 is 0 Å². The van der Waals surface area contributed by atoms with Crippen LogP contribution in [0, 0.1) is 0 Å². The summed E-state index contributed by atoms with van der Waals surface area (Å²) >= 11 is 3.76. The molecule has 21 heavy (non-hydrogen) atoms. The van der Waals surface area contributed by atoms with Crippen LogP contribution in [-0.2, 0) is 6.42 Å². The number of benzene rings is 3. The Morgan fingerprint density at radius 3 is 2.62 bits per heavy atom. The molecule has 1 aliphatic carbocycles. The number of halogens is 1. The van der Waals surface area contributed by atoms with Gasteiger partial charge in [0.2, 0.25) is 0 Å². The van der Waals surface area contributed by atoms with Crippen LogP contribution in [0.3, 0.4) is 0 Å². The Balaban J connectivity index is 1.97. The second-order valence-electron chi connectivity index (χ2n) is 5.73. The van der Waals surface area contributed by atoms with Gasteiger partial charge in [0.25, 0.3) is 0 Å².